The van der Waals surface area contributed by atoms with Crippen molar-refractivity contribution in [3.63, 3.8) is 0 Å². The molecule has 1 aromatic carbocycles. The molecular formula is C11H12Br2N2O. The van der Waals surface area contributed by atoms with Gasteiger partial charge in [0.2, 0.25) is 5.91 Å². The molecule has 0 radical (unpaired) electrons. The van der Waals surface area contributed by atoms with Crippen molar-refractivity contribution < 1.29 is 4.79 Å². The molecule has 0 aromatic heterocycles. The van der Waals surface area contributed by atoms with E-state index in [0.717, 1.165) is 34.0 Å². The SMILES string of the molecule is NC1CCCN(c2ccc(Br)cc2Br)C1=O. The van der Waals surface area contributed by atoms with Crippen LogP contribution in [0, 0.1) is 0 Å². The van der Waals surface area contributed by atoms with Gasteiger partial charge in [0.15, 0.2) is 0 Å². The predicted octanol–water partition coefficient (Wildman–Crippen LogP) is 2.67. The molecule has 1 aliphatic heterocycles. The van der Waals surface area contributed by atoms with Crippen LogP contribution in [0.25, 0.3) is 0 Å². The number of rotatable bonds is 1. The molecule has 0 bridgehead atoms. The van der Waals surface area contributed by atoms with Crippen molar-refractivity contribution >= 4 is 43.5 Å². The van der Waals surface area contributed by atoms with Crippen LogP contribution in [0.1, 0.15) is 12.8 Å². The first-order valence-electron chi connectivity index (χ1n) is 5.11. The molecule has 5 heteroatoms. The lowest BCUT2D eigenvalue weighted by atomic mass is 10.1. The number of amides is 1. The number of anilines is 1. The lowest BCUT2D eigenvalue weighted by Gasteiger charge is -2.31. The average molecular weight is 348 g/mol. The van der Waals surface area contributed by atoms with Gasteiger partial charge in [-0.05, 0) is 47.0 Å². The standard InChI is InChI=1S/C11H12Br2N2O/c12-7-3-4-10(8(13)6-7)15-5-1-2-9(14)11(15)16/h3-4,6,9H,1-2,5,14H2. The van der Waals surface area contributed by atoms with Gasteiger partial charge >= 0.3 is 0 Å². The fourth-order valence-electron chi connectivity index (χ4n) is 1.84. The average Bonchev–Trinajstić information content (AvgIpc) is 2.23. The van der Waals surface area contributed by atoms with E-state index in [4.69, 9.17) is 5.73 Å². The minimum Gasteiger partial charge on any atom is -0.320 e. The van der Waals surface area contributed by atoms with Crippen molar-refractivity contribution in [2.75, 3.05) is 11.4 Å². The zero-order valence-corrected chi connectivity index (χ0v) is 11.8. The van der Waals surface area contributed by atoms with Crippen molar-refractivity contribution in [3.05, 3.63) is 27.1 Å². The summed E-state index contributed by atoms with van der Waals surface area (Å²) in [6, 6.07) is 5.42. The summed E-state index contributed by atoms with van der Waals surface area (Å²) < 4.78 is 1.89. The monoisotopic (exact) mass is 346 g/mol. The highest BCUT2D eigenvalue weighted by atomic mass is 79.9. The van der Waals surface area contributed by atoms with Gasteiger partial charge in [0, 0.05) is 15.5 Å². The second-order valence-electron chi connectivity index (χ2n) is 3.83. The highest BCUT2D eigenvalue weighted by Gasteiger charge is 2.27. The molecule has 0 spiro atoms. The summed E-state index contributed by atoms with van der Waals surface area (Å²) in [6.45, 7) is 0.743. The van der Waals surface area contributed by atoms with E-state index in [0.29, 0.717) is 0 Å². The van der Waals surface area contributed by atoms with Gasteiger partial charge in [-0.1, -0.05) is 15.9 Å². The van der Waals surface area contributed by atoms with Crippen LogP contribution in [-0.2, 0) is 4.79 Å². The minimum atomic E-state index is -0.357. The molecule has 86 valence electrons. The van der Waals surface area contributed by atoms with Crippen molar-refractivity contribution in [1.29, 1.82) is 0 Å². The molecule has 1 heterocycles. The van der Waals surface area contributed by atoms with E-state index in [2.05, 4.69) is 31.9 Å². The second-order valence-corrected chi connectivity index (χ2v) is 5.60. The first kappa shape index (κ1) is 12.1. The maximum Gasteiger partial charge on any atom is 0.243 e. The van der Waals surface area contributed by atoms with Crippen molar-refractivity contribution in [1.82, 2.24) is 0 Å². The van der Waals surface area contributed by atoms with E-state index < -0.39 is 0 Å². The zero-order chi connectivity index (χ0) is 11.7. The summed E-state index contributed by atoms with van der Waals surface area (Å²) in [6.07, 6.45) is 1.74. The lowest BCUT2D eigenvalue weighted by molar-refractivity contribution is -0.120. The number of nitrogens with zero attached hydrogens (tertiary/aromatic N) is 1. The van der Waals surface area contributed by atoms with Crippen LogP contribution < -0.4 is 10.6 Å². The van der Waals surface area contributed by atoms with Crippen LogP contribution in [0.5, 0.6) is 0 Å². The van der Waals surface area contributed by atoms with E-state index in [1.807, 2.05) is 18.2 Å². The number of carbonyl (C=O) groups is 1. The summed E-state index contributed by atoms with van der Waals surface area (Å²) in [4.78, 5) is 13.7. The summed E-state index contributed by atoms with van der Waals surface area (Å²) in [5.74, 6) is 0.00859. The van der Waals surface area contributed by atoms with E-state index in [9.17, 15) is 4.79 Å². The molecule has 1 amide bonds. The van der Waals surface area contributed by atoms with Crippen LogP contribution in [0.2, 0.25) is 0 Å². The number of nitrogens with two attached hydrogens (primary N) is 1. The molecule has 1 unspecified atom stereocenters. The van der Waals surface area contributed by atoms with E-state index in [1.165, 1.54) is 0 Å². The molecule has 1 aliphatic rings. The van der Waals surface area contributed by atoms with Gasteiger partial charge < -0.3 is 10.6 Å². The maximum absolute atomic E-state index is 11.9. The fourth-order valence-corrected chi connectivity index (χ4v) is 3.10. The number of halogens is 2. The number of hydrogen-bond donors (Lipinski definition) is 1. The molecule has 0 saturated carbocycles. The van der Waals surface area contributed by atoms with Crippen molar-refractivity contribution in [2.45, 2.75) is 18.9 Å². The van der Waals surface area contributed by atoms with E-state index in [-0.39, 0.29) is 11.9 Å². The quantitative estimate of drug-likeness (QED) is 0.848. The van der Waals surface area contributed by atoms with Gasteiger partial charge in [-0.3, -0.25) is 4.79 Å². The Morgan fingerprint density at radius 1 is 1.38 bits per heavy atom. The van der Waals surface area contributed by atoms with Crippen molar-refractivity contribution in [3.8, 4) is 0 Å². The topological polar surface area (TPSA) is 46.3 Å². The Labute approximate surface area is 111 Å². The minimum absolute atomic E-state index is 0.00859. The summed E-state index contributed by atoms with van der Waals surface area (Å²) in [5, 5.41) is 0. The number of carbonyl (C=O) groups excluding carboxylic acids is 1. The molecule has 2 rings (SSSR count). The molecule has 2 N–H and O–H groups in total. The maximum atomic E-state index is 11.9. The normalized spacial score (nSPS) is 21.3. The highest BCUT2D eigenvalue weighted by molar-refractivity contribution is 9.11. The molecular weight excluding hydrogens is 336 g/mol. The number of hydrogen-bond acceptors (Lipinski definition) is 2. The fraction of sp³-hybridized carbons (Fsp3) is 0.364. The largest absolute Gasteiger partial charge is 0.320 e. The predicted molar refractivity (Wildman–Crippen MR) is 71.4 cm³/mol. The zero-order valence-electron chi connectivity index (χ0n) is 8.62. The van der Waals surface area contributed by atoms with Crippen LogP contribution >= 0.6 is 31.9 Å². The first-order chi connectivity index (χ1) is 7.59. The van der Waals surface area contributed by atoms with Gasteiger partial charge in [-0.2, -0.15) is 0 Å². The van der Waals surface area contributed by atoms with Gasteiger partial charge in [0.1, 0.15) is 0 Å². The number of benzene rings is 1. The Morgan fingerprint density at radius 2 is 2.12 bits per heavy atom. The Bertz CT molecular complexity index is 422. The Morgan fingerprint density at radius 3 is 2.81 bits per heavy atom. The van der Waals surface area contributed by atoms with Crippen LogP contribution in [0.15, 0.2) is 27.1 Å². The third-order valence-electron chi connectivity index (χ3n) is 2.68. The van der Waals surface area contributed by atoms with Crippen molar-refractivity contribution in [2.24, 2.45) is 5.73 Å². The summed E-state index contributed by atoms with van der Waals surface area (Å²) in [5.41, 5.74) is 6.66. The summed E-state index contributed by atoms with van der Waals surface area (Å²) in [7, 11) is 0. The summed E-state index contributed by atoms with van der Waals surface area (Å²) >= 11 is 6.85. The molecule has 1 aromatic rings. The third kappa shape index (κ3) is 2.31. The third-order valence-corrected chi connectivity index (χ3v) is 3.81. The number of piperidine rings is 1. The molecule has 1 saturated heterocycles. The van der Waals surface area contributed by atoms with Gasteiger partial charge in [-0.15, -0.1) is 0 Å². The molecule has 16 heavy (non-hydrogen) atoms. The molecule has 1 atom stereocenters. The van der Waals surface area contributed by atoms with Crippen LogP contribution in [0.4, 0.5) is 5.69 Å². The van der Waals surface area contributed by atoms with E-state index in [1.54, 1.807) is 4.90 Å². The Balaban J connectivity index is 2.32. The second kappa shape index (κ2) is 4.85. The van der Waals surface area contributed by atoms with Gasteiger partial charge in [0.05, 0.1) is 11.7 Å². The highest BCUT2D eigenvalue weighted by Crippen LogP contribution is 2.31. The smallest absolute Gasteiger partial charge is 0.243 e. The molecule has 3 nitrogen and oxygen atoms in total. The lowest BCUT2D eigenvalue weighted by Crippen LogP contribution is -2.48. The first-order valence-corrected chi connectivity index (χ1v) is 6.70. The Kier molecular flexibility index (Phi) is 3.66. The van der Waals surface area contributed by atoms with Gasteiger partial charge in [0.25, 0.3) is 0 Å². The Hall–Kier alpha value is -0.390. The van der Waals surface area contributed by atoms with Crippen LogP contribution in [0.3, 0.4) is 0 Å². The molecule has 1 fully saturated rings. The van der Waals surface area contributed by atoms with Gasteiger partial charge in [-0.25, -0.2) is 0 Å². The molecule has 0 aliphatic carbocycles. The van der Waals surface area contributed by atoms with E-state index >= 15 is 0 Å². The van der Waals surface area contributed by atoms with Crippen LogP contribution in [-0.4, -0.2) is 18.5 Å².